The largest absolute Gasteiger partial charge is 0.478 e. The molecule has 2 heterocycles. The van der Waals surface area contributed by atoms with Crippen molar-refractivity contribution < 1.29 is 34.1 Å². The molecule has 15 nitrogen and oxygen atoms in total. The monoisotopic (exact) mass is 587 g/mol. The van der Waals surface area contributed by atoms with Gasteiger partial charge in [-0.25, -0.2) is 9.59 Å². The lowest BCUT2D eigenvalue weighted by Crippen LogP contribution is -2.18. The number of nitrogens with zero attached hydrogens (tertiary/aromatic N) is 7. The molecule has 1 N–H and O–H groups in total. The first kappa shape index (κ1) is 28.7. The summed E-state index contributed by atoms with van der Waals surface area (Å²) in [5.74, 6) is -0.858. The van der Waals surface area contributed by atoms with Gasteiger partial charge in [-0.05, 0) is 41.0 Å². The highest BCUT2D eigenvalue weighted by atomic mass is 16.9. The maximum absolute atomic E-state index is 12.3. The Morgan fingerprint density at radius 2 is 1.77 bits per heavy atom. The van der Waals surface area contributed by atoms with E-state index in [2.05, 4.69) is 25.2 Å². The summed E-state index contributed by atoms with van der Waals surface area (Å²) in [6.45, 7) is 2.21. The van der Waals surface area contributed by atoms with Crippen LogP contribution in [-0.2, 0) is 16.1 Å². The van der Waals surface area contributed by atoms with Crippen LogP contribution in [0.3, 0.4) is 0 Å². The third-order valence-electron chi connectivity index (χ3n) is 6.30. The smallest absolute Gasteiger partial charge is 0.453 e. The number of tetrazole rings is 1. The standard InChI is InChI=1S/C28H25N7O8/c1-2-41-27-29-23-10-5-9-22(26(36)37)24(23)33(27)17-18-11-13-19(14-12-18)20-7-3-4-8-21(20)25-30-32-34(31-25)28(38)42-15-6-16-43-35(39)40/h3-5,7-14H,2,6,15-17H2,1H3,(H,36,37). The summed E-state index contributed by atoms with van der Waals surface area (Å²) < 4.78 is 12.5. The third kappa shape index (κ3) is 6.40. The summed E-state index contributed by atoms with van der Waals surface area (Å²) >= 11 is 0. The summed E-state index contributed by atoms with van der Waals surface area (Å²) in [6.07, 6.45) is -0.760. The molecule has 43 heavy (non-hydrogen) atoms. The normalized spacial score (nSPS) is 10.9. The molecule has 5 rings (SSSR count). The average molecular weight is 588 g/mol. The number of hydrogen-bond donors (Lipinski definition) is 1. The van der Waals surface area contributed by atoms with Gasteiger partial charge in [-0.3, -0.25) is 4.57 Å². The number of fused-ring (bicyclic) bond motifs is 1. The molecule has 0 atom stereocenters. The Labute approximate surface area is 243 Å². The minimum atomic E-state index is -1.05. The Hall–Kier alpha value is -5.86. The van der Waals surface area contributed by atoms with Crippen LogP contribution in [0, 0.1) is 10.1 Å². The Morgan fingerprint density at radius 1 is 1.00 bits per heavy atom. The van der Waals surface area contributed by atoms with Crippen LogP contribution in [0.2, 0.25) is 0 Å². The number of carbonyl (C=O) groups excluding carboxylic acids is 1. The van der Waals surface area contributed by atoms with Gasteiger partial charge in [-0.15, -0.1) is 20.3 Å². The summed E-state index contributed by atoms with van der Waals surface area (Å²) in [4.78, 5) is 43.8. The molecule has 0 bridgehead atoms. The molecule has 0 aliphatic rings. The number of carbonyl (C=O) groups is 2. The summed E-state index contributed by atoms with van der Waals surface area (Å²) in [6, 6.07) is 20.3. The van der Waals surface area contributed by atoms with Crippen LogP contribution in [0.5, 0.6) is 6.01 Å². The van der Waals surface area contributed by atoms with Gasteiger partial charge in [0.25, 0.3) is 11.1 Å². The van der Waals surface area contributed by atoms with Gasteiger partial charge in [-0.1, -0.05) is 59.4 Å². The van der Waals surface area contributed by atoms with Gasteiger partial charge in [-0.2, -0.15) is 4.98 Å². The molecule has 15 heteroatoms. The van der Waals surface area contributed by atoms with Gasteiger partial charge in [0.2, 0.25) is 5.82 Å². The van der Waals surface area contributed by atoms with Crippen LogP contribution in [0.25, 0.3) is 33.5 Å². The maximum Gasteiger partial charge on any atom is 0.453 e. The lowest BCUT2D eigenvalue weighted by Gasteiger charge is -2.12. The lowest BCUT2D eigenvalue weighted by molar-refractivity contribution is -0.757. The molecule has 220 valence electrons. The third-order valence-corrected chi connectivity index (χ3v) is 6.30. The van der Waals surface area contributed by atoms with Gasteiger partial charge in [0.05, 0.1) is 43.0 Å². The van der Waals surface area contributed by atoms with Crippen molar-refractivity contribution in [1.82, 2.24) is 29.8 Å². The fourth-order valence-corrected chi connectivity index (χ4v) is 4.44. The van der Waals surface area contributed by atoms with E-state index in [0.717, 1.165) is 16.7 Å². The van der Waals surface area contributed by atoms with Crippen LogP contribution in [0.4, 0.5) is 4.79 Å². The summed E-state index contributed by atoms with van der Waals surface area (Å²) in [5.41, 5.74) is 4.28. The second-order valence-electron chi connectivity index (χ2n) is 9.06. The van der Waals surface area contributed by atoms with Crippen LogP contribution < -0.4 is 4.74 Å². The predicted octanol–water partition coefficient (Wildman–Crippen LogP) is 4.09. The number of benzene rings is 3. The van der Waals surface area contributed by atoms with Crippen LogP contribution in [0.15, 0.2) is 66.7 Å². The van der Waals surface area contributed by atoms with Crippen LogP contribution >= 0.6 is 0 Å². The second-order valence-corrected chi connectivity index (χ2v) is 9.06. The number of rotatable bonds is 12. The van der Waals surface area contributed by atoms with Crippen LogP contribution in [-0.4, -0.2) is 71.8 Å². The molecule has 0 saturated heterocycles. The van der Waals surface area contributed by atoms with Crippen molar-refractivity contribution in [2.45, 2.75) is 19.9 Å². The van der Waals surface area contributed by atoms with Crippen molar-refractivity contribution in [3.05, 3.63) is 88.0 Å². The molecule has 5 aromatic rings. The molecule has 0 fully saturated rings. The zero-order valence-electron chi connectivity index (χ0n) is 22.8. The molecule has 3 aromatic carbocycles. The molecule has 0 aliphatic carbocycles. The lowest BCUT2D eigenvalue weighted by atomic mass is 9.98. The fraction of sp³-hybridized carbons (Fsp3) is 0.214. The summed E-state index contributed by atoms with van der Waals surface area (Å²) in [5, 5.41) is 31.0. The maximum atomic E-state index is 12.3. The van der Waals surface area contributed by atoms with Crippen molar-refractivity contribution in [2.75, 3.05) is 19.8 Å². The number of carboxylic acids is 1. The van der Waals surface area contributed by atoms with E-state index in [0.29, 0.717) is 40.6 Å². The van der Waals surface area contributed by atoms with E-state index >= 15 is 0 Å². The Balaban J connectivity index is 1.36. The molecule has 0 saturated carbocycles. The topological polar surface area (TPSA) is 187 Å². The molecule has 2 aromatic heterocycles. The number of carboxylic acid groups (broad SMARTS) is 1. The number of para-hydroxylation sites is 1. The number of hydrogen-bond acceptors (Lipinski definition) is 11. The zero-order chi connectivity index (χ0) is 30.3. The van der Waals surface area contributed by atoms with Crippen molar-refractivity contribution >= 4 is 23.1 Å². The zero-order valence-corrected chi connectivity index (χ0v) is 22.8. The first-order valence-electron chi connectivity index (χ1n) is 13.1. The number of ether oxygens (including phenoxy) is 2. The van der Waals surface area contributed by atoms with Gasteiger partial charge in [0, 0.05) is 12.0 Å². The molecule has 0 aliphatic heterocycles. The minimum absolute atomic E-state index is 0.120. The Bertz CT molecular complexity index is 1780. The molecule has 0 spiro atoms. The minimum Gasteiger partial charge on any atom is -0.478 e. The van der Waals surface area contributed by atoms with E-state index in [4.69, 9.17) is 9.47 Å². The van der Waals surface area contributed by atoms with Gasteiger partial charge in [0.1, 0.15) is 0 Å². The van der Waals surface area contributed by atoms with Gasteiger partial charge < -0.3 is 19.4 Å². The van der Waals surface area contributed by atoms with E-state index in [-0.39, 0.29) is 31.0 Å². The number of imidazole rings is 1. The van der Waals surface area contributed by atoms with Crippen molar-refractivity contribution in [3.63, 3.8) is 0 Å². The Morgan fingerprint density at radius 3 is 2.49 bits per heavy atom. The van der Waals surface area contributed by atoms with Crippen molar-refractivity contribution in [2.24, 2.45) is 0 Å². The molecular weight excluding hydrogens is 562 g/mol. The Kier molecular flexibility index (Phi) is 8.50. The van der Waals surface area contributed by atoms with E-state index in [9.17, 15) is 24.8 Å². The molecule has 0 amide bonds. The first-order chi connectivity index (χ1) is 20.9. The highest BCUT2D eigenvalue weighted by Gasteiger charge is 2.20. The number of aromatic nitrogens is 6. The predicted molar refractivity (Wildman–Crippen MR) is 150 cm³/mol. The average Bonchev–Trinajstić information content (AvgIpc) is 3.63. The van der Waals surface area contributed by atoms with Gasteiger partial charge >= 0.3 is 12.1 Å². The van der Waals surface area contributed by atoms with Crippen molar-refractivity contribution in [3.8, 4) is 28.5 Å². The molecular formula is C28H25N7O8. The second kappa shape index (κ2) is 12.8. The van der Waals surface area contributed by atoms with E-state index < -0.39 is 17.1 Å². The van der Waals surface area contributed by atoms with E-state index in [1.807, 2.05) is 43.3 Å². The SMILES string of the molecule is CCOc1nc2cccc(C(=O)O)c2n1Cc1ccc(-c2ccccc2-c2nnn(C(=O)OCCCO[N+](=O)[O-])n2)cc1. The van der Waals surface area contributed by atoms with Crippen molar-refractivity contribution in [1.29, 1.82) is 0 Å². The van der Waals surface area contributed by atoms with E-state index in [1.54, 1.807) is 28.8 Å². The summed E-state index contributed by atoms with van der Waals surface area (Å²) in [7, 11) is 0. The van der Waals surface area contributed by atoms with Crippen LogP contribution in [0.1, 0.15) is 29.3 Å². The highest BCUT2D eigenvalue weighted by molar-refractivity contribution is 6.01. The molecule has 0 unspecified atom stereocenters. The quantitative estimate of drug-likeness (QED) is 0.125. The highest BCUT2D eigenvalue weighted by Crippen LogP contribution is 2.31. The van der Waals surface area contributed by atoms with E-state index in [1.165, 1.54) is 6.07 Å². The first-order valence-corrected chi connectivity index (χ1v) is 13.1. The van der Waals surface area contributed by atoms with Gasteiger partial charge in [0.15, 0.2) is 0 Å². The molecule has 0 radical (unpaired) electrons. The number of aromatic carboxylic acids is 1. The fourth-order valence-electron chi connectivity index (χ4n) is 4.44.